The number of rotatable bonds is 4. The standard InChI is InChI=1S/C14H20N2O4S/c1-14(2,3)20-13(19)8-7-16(11(8)15)10(12(17)18)9-5-4-6-21-9/h4-6,8,10-11H,7,15H2,1-3H3,(H,17,18)/t8-,10-,11-/m1/s1. The van der Waals surface area contributed by atoms with Crippen molar-refractivity contribution in [3.8, 4) is 0 Å². The van der Waals surface area contributed by atoms with Gasteiger partial charge in [-0.3, -0.25) is 14.5 Å². The number of carboxylic acids is 1. The summed E-state index contributed by atoms with van der Waals surface area (Å²) < 4.78 is 5.30. The molecule has 6 nitrogen and oxygen atoms in total. The van der Waals surface area contributed by atoms with E-state index in [-0.39, 0.29) is 5.97 Å². The van der Waals surface area contributed by atoms with Crippen molar-refractivity contribution < 1.29 is 19.4 Å². The van der Waals surface area contributed by atoms with Crippen molar-refractivity contribution in [2.75, 3.05) is 6.54 Å². The van der Waals surface area contributed by atoms with Gasteiger partial charge in [0.05, 0.1) is 12.1 Å². The van der Waals surface area contributed by atoms with Gasteiger partial charge in [-0.1, -0.05) is 6.07 Å². The molecule has 1 aromatic heterocycles. The van der Waals surface area contributed by atoms with Gasteiger partial charge in [0.25, 0.3) is 0 Å². The van der Waals surface area contributed by atoms with Gasteiger partial charge in [-0.15, -0.1) is 11.3 Å². The number of nitrogens with zero attached hydrogens (tertiary/aromatic N) is 1. The van der Waals surface area contributed by atoms with Crippen LogP contribution in [0.1, 0.15) is 31.7 Å². The summed E-state index contributed by atoms with van der Waals surface area (Å²) >= 11 is 1.36. The fourth-order valence-electron chi connectivity index (χ4n) is 2.29. The third kappa shape index (κ3) is 3.42. The number of nitrogens with two attached hydrogens (primary N) is 1. The number of thiophene rings is 1. The molecule has 1 saturated heterocycles. The maximum absolute atomic E-state index is 12.0. The lowest BCUT2D eigenvalue weighted by Gasteiger charge is -2.47. The molecule has 0 aromatic carbocycles. The number of carbonyl (C=O) groups excluding carboxylic acids is 1. The fraction of sp³-hybridized carbons (Fsp3) is 0.571. The smallest absolute Gasteiger partial charge is 0.326 e. The van der Waals surface area contributed by atoms with E-state index in [4.69, 9.17) is 10.5 Å². The highest BCUT2D eigenvalue weighted by Crippen LogP contribution is 2.35. The number of hydrogen-bond donors (Lipinski definition) is 2. The van der Waals surface area contributed by atoms with Crippen LogP contribution >= 0.6 is 11.3 Å². The molecule has 1 fully saturated rings. The summed E-state index contributed by atoms with van der Waals surface area (Å²) in [5.41, 5.74) is 5.43. The molecule has 0 saturated carbocycles. The summed E-state index contributed by atoms with van der Waals surface area (Å²) in [6.07, 6.45) is -0.636. The number of hydrogen-bond acceptors (Lipinski definition) is 6. The number of aliphatic carboxylic acids is 1. The van der Waals surface area contributed by atoms with Crippen LogP contribution < -0.4 is 5.73 Å². The van der Waals surface area contributed by atoms with Crippen molar-refractivity contribution >= 4 is 23.3 Å². The monoisotopic (exact) mass is 312 g/mol. The molecule has 0 amide bonds. The average molecular weight is 312 g/mol. The van der Waals surface area contributed by atoms with E-state index in [9.17, 15) is 14.7 Å². The first-order valence-electron chi connectivity index (χ1n) is 6.71. The van der Waals surface area contributed by atoms with Crippen LogP contribution in [-0.2, 0) is 14.3 Å². The predicted octanol–water partition coefficient (Wildman–Crippen LogP) is 1.43. The summed E-state index contributed by atoms with van der Waals surface area (Å²) in [6, 6.07) is 2.75. The van der Waals surface area contributed by atoms with Gasteiger partial charge in [0.1, 0.15) is 11.6 Å². The lowest BCUT2D eigenvalue weighted by Crippen LogP contribution is -2.66. The van der Waals surface area contributed by atoms with E-state index in [0.717, 1.165) is 0 Å². The molecule has 0 radical (unpaired) electrons. The van der Waals surface area contributed by atoms with Crippen molar-refractivity contribution in [2.24, 2.45) is 11.7 Å². The topological polar surface area (TPSA) is 92.9 Å². The van der Waals surface area contributed by atoms with Crippen LogP contribution in [0.2, 0.25) is 0 Å². The molecule has 3 N–H and O–H groups in total. The third-order valence-electron chi connectivity index (χ3n) is 3.29. The molecular formula is C14H20N2O4S. The minimum Gasteiger partial charge on any atom is -0.480 e. The Bertz CT molecular complexity index is 524. The number of ether oxygens (including phenoxy) is 1. The van der Waals surface area contributed by atoms with Gasteiger partial charge < -0.3 is 15.6 Å². The predicted molar refractivity (Wildman–Crippen MR) is 78.7 cm³/mol. The lowest BCUT2D eigenvalue weighted by atomic mass is 9.92. The molecule has 2 rings (SSSR count). The van der Waals surface area contributed by atoms with Crippen molar-refractivity contribution in [2.45, 2.75) is 38.6 Å². The van der Waals surface area contributed by atoms with Crippen molar-refractivity contribution in [1.29, 1.82) is 0 Å². The maximum Gasteiger partial charge on any atom is 0.326 e. The molecule has 3 atom stereocenters. The average Bonchev–Trinajstić information content (AvgIpc) is 2.83. The summed E-state index contributed by atoms with van der Waals surface area (Å²) in [6.45, 7) is 5.67. The summed E-state index contributed by atoms with van der Waals surface area (Å²) in [4.78, 5) is 25.8. The van der Waals surface area contributed by atoms with Gasteiger partial charge in [-0.25, -0.2) is 0 Å². The Kier molecular flexibility index (Phi) is 4.36. The highest BCUT2D eigenvalue weighted by atomic mass is 32.1. The highest BCUT2D eigenvalue weighted by molar-refractivity contribution is 7.10. The largest absolute Gasteiger partial charge is 0.480 e. The molecule has 21 heavy (non-hydrogen) atoms. The number of carbonyl (C=O) groups is 2. The van der Waals surface area contributed by atoms with Crippen LogP contribution in [0.15, 0.2) is 17.5 Å². The molecule has 1 aromatic rings. The number of likely N-dealkylation sites (tertiary alicyclic amines) is 1. The van der Waals surface area contributed by atoms with Crippen LogP contribution in [0.3, 0.4) is 0 Å². The van der Waals surface area contributed by atoms with Crippen LogP contribution in [0.25, 0.3) is 0 Å². The van der Waals surface area contributed by atoms with Crippen molar-refractivity contribution in [3.05, 3.63) is 22.4 Å². The number of carboxylic acid groups (broad SMARTS) is 1. The molecule has 2 heterocycles. The first-order valence-corrected chi connectivity index (χ1v) is 7.59. The van der Waals surface area contributed by atoms with E-state index in [1.165, 1.54) is 11.3 Å². The van der Waals surface area contributed by atoms with Gasteiger partial charge in [-0.05, 0) is 32.2 Å². The Morgan fingerprint density at radius 3 is 2.62 bits per heavy atom. The van der Waals surface area contributed by atoms with Crippen LogP contribution in [0.4, 0.5) is 0 Å². The van der Waals surface area contributed by atoms with Gasteiger partial charge in [0, 0.05) is 11.4 Å². The van der Waals surface area contributed by atoms with Crippen LogP contribution in [0, 0.1) is 5.92 Å². The quantitative estimate of drug-likeness (QED) is 0.817. The van der Waals surface area contributed by atoms with Gasteiger partial charge >= 0.3 is 11.9 Å². The summed E-state index contributed by atoms with van der Waals surface area (Å²) in [7, 11) is 0. The summed E-state index contributed by atoms with van der Waals surface area (Å²) in [5, 5.41) is 11.2. The molecule has 0 spiro atoms. The molecule has 0 aliphatic carbocycles. The Morgan fingerprint density at radius 1 is 1.52 bits per heavy atom. The molecule has 1 aliphatic heterocycles. The zero-order valence-corrected chi connectivity index (χ0v) is 13.1. The lowest BCUT2D eigenvalue weighted by molar-refractivity contribution is -0.176. The first kappa shape index (κ1) is 15.9. The fourth-order valence-corrected chi connectivity index (χ4v) is 3.13. The van der Waals surface area contributed by atoms with Crippen molar-refractivity contribution in [3.63, 3.8) is 0 Å². The molecule has 7 heteroatoms. The minimum atomic E-state index is -0.962. The van der Waals surface area contributed by atoms with Crippen LogP contribution in [0.5, 0.6) is 0 Å². The van der Waals surface area contributed by atoms with Crippen molar-refractivity contribution in [1.82, 2.24) is 4.90 Å². The second kappa shape index (κ2) is 5.75. The Morgan fingerprint density at radius 2 is 2.19 bits per heavy atom. The van der Waals surface area contributed by atoms with E-state index in [2.05, 4.69) is 0 Å². The van der Waals surface area contributed by atoms with E-state index < -0.39 is 29.7 Å². The normalized spacial score (nSPS) is 24.2. The van der Waals surface area contributed by atoms with Crippen LogP contribution in [-0.4, -0.2) is 40.3 Å². The van der Waals surface area contributed by atoms with E-state index in [0.29, 0.717) is 11.4 Å². The molecule has 0 bridgehead atoms. The second-order valence-electron chi connectivity index (χ2n) is 6.08. The van der Waals surface area contributed by atoms with E-state index in [1.54, 1.807) is 37.8 Å². The van der Waals surface area contributed by atoms with E-state index in [1.807, 2.05) is 5.38 Å². The second-order valence-corrected chi connectivity index (χ2v) is 7.06. The molecule has 0 unspecified atom stereocenters. The molecular weight excluding hydrogens is 292 g/mol. The SMILES string of the molecule is CC(C)(C)OC(=O)[C@@H]1CN([C@@H](C(=O)O)c2cccs2)[C@H]1N. The Hall–Kier alpha value is -1.44. The van der Waals surface area contributed by atoms with E-state index >= 15 is 0 Å². The Labute approximate surface area is 127 Å². The molecule has 116 valence electrons. The summed E-state index contributed by atoms with van der Waals surface area (Å²) in [5.74, 6) is -1.82. The Balaban J connectivity index is 2.05. The minimum absolute atomic E-state index is 0.297. The third-order valence-corrected chi connectivity index (χ3v) is 4.22. The highest BCUT2D eigenvalue weighted by Gasteiger charge is 2.48. The zero-order valence-electron chi connectivity index (χ0n) is 12.3. The first-order chi connectivity index (χ1) is 9.70. The van der Waals surface area contributed by atoms with Gasteiger partial charge in [-0.2, -0.15) is 0 Å². The van der Waals surface area contributed by atoms with Gasteiger partial charge in [0.2, 0.25) is 0 Å². The molecule has 1 aliphatic rings. The maximum atomic E-state index is 12.0. The zero-order chi connectivity index (χ0) is 15.8. The number of esters is 1. The van der Waals surface area contributed by atoms with Gasteiger partial charge in [0.15, 0.2) is 0 Å².